The number of nitrogens with one attached hydrogen (secondary N) is 1. The van der Waals surface area contributed by atoms with Gasteiger partial charge in [-0.2, -0.15) is 5.26 Å². The number of rotatable bonds is 3. The van der Waals surface area contributed by atoms with Crippen molar-refractivity contribution in [3.8, 4) is 34.4 Å². The molecule has 0 aliphatic carbocycles. The molecule has 0 amide bonds. The SMILES string of the molecule is N#Cc1cc(-c2ccc(-n3c(=O)n(C4CCNC4)c4ncccc43)c(O)c2)ccc1O. The highest BCUT2D eigenvalue weighted by molar-refractivity contribution is 5.77. The molecule has 4 aromatic rings. The second kappa shape index (κ2) is 7.31. The summed E-state index contributed by atoms with van der Waals surface area (Å²) in [5.41, 5.74) is 2.80. The third-order valence-corrected chi connectivity index (χ3v) is 5.70. The van der Waals surface area contributed by atoms with Crippen LogP contribution < -0.4 is 11.0 Å². The summed E-state index contributed by atoms with van der Waals surface area (Å²) in [5, 5.41) is 33.0. The number of hydrogen-bond donors (Lipinski definition) is 3. The third-order valence-electron chi connectivity index (χ3n) is 5.70. The highest BCUT2D eigenvalue weighted by Crippen LogP contribution is 2.32. The van der Waals surface area contributed by atoms with Crippen LogP contribution in [0.3, 0.4) is 0 Å². The van der Waals surface area contributed by atoms with Crippen LogP contribution in [0.1, 0.15) is 18.0 Å². The van der Waals surface area contributed by atoms with E-state index in [1.807, 2.05) is 12.1 Å². The summed E-state index contributed by atoms with van der Waals surface area (Å²) < 4.78 is 3.18. The second-order valence-electron chi connectivity index (χ2n) is 7.53. The Morgan fingerprint density at radius 3 is 2.65 bits per heavy atom. The standard InChI is InChI=1S/C23H19N5O3/c24-12-16-10-14(4-6-20(16)29)15-3-5-18(21(30)11-15)28-19-2-1-8-26-22(19)27(23(28)31)17-7-9-25-13-17/h1-6,8,10-11,17,25,29-30H,7,9,13H2. The van der Waals surface area contributed by atoms with Crippen LogP contribution in [0.5, 0.6) is 11.5 Å². The first-order valence-electron chi connectivity index (χ1n) is 9.94. The van der Waals surface area contributed by atoms with E-state index in [2.05, 4.69) is 10.3 Å². The first-order chi connectivity index (χ1) is 15.1. The predicted octanol–water partition coefficient (Wildman–Crippen LogP) is 2.67. The number of nitrogens with zero attached hydrogens (tertiary/aromatic N) is 4. The van der Waals surface area contributed by atoms with Crippen molar-refractivity contribution in [2.45, 2.75) is 12.5 Å². The van der Waals surface area contributed by atoms with Gasteiger partial charge in [-0.15, -0.1) is 0 Å². The summed E-state index contributed by atoms with van der Waals surface area (Å²) in [4.78, 5) is 17.8. The Labute approximate surface area is 177 Å². The van der Waals surface area contributed by atoms with Gasteiger partial charge in [-0.05, 0) is 60.5 Å². The molecule has 3 N–H and O–H groups in total. The Morgan fingerprint density at radius 1 is 1.10 bits per heavy atom. The summed E-state index contributed by atoms with van der Waals surface area (Å²) in [6.07, 6.45) is 2.49. The molecule has 3 heterocycles. The number of benzene rings is 2. The fraction of sp³-hybridized carbons (Fsp3) is 0.174. The quantitative estimate of drug-likeness (QED) is 0.476. The van der Waals surface area contributed by atoms with Crippen LogP contribution in [0, 0.1) is 11.3 Å². The smallest absolute Gasteiger partial charge is 0.335 e. The number of imidazole rings is 1. The molecule has 8 heteroatoms. The minimum Gasteiger partial charge on any atom is -0.507 e. The summed E-state index contributed by atoms with van der Waals surface area (Å²) in [6.45, 7) is 1.54. The summed E-state index contributed by atoms with van der Waals surface area (Å²) >= 11 is 0. The molecule has 1 unspecified atom stereocenters. The lowest BCUT2D eigenvalue weighted by Crippen LogP contribution is -2.28. The fourth-order valence-electron chi connectivity index (χ4n) is 4.17. The van der Waals surface area contributed by atoms with Crippen LogP contribution in [0.25, 0.3) is 28.0 Å². The zero-order chi connectivity index (χ0) is 21.5. The molecule has 0 spiro atoms. The normalized spacial score (nSPS) is 15.9. The van der Waals surface area contributed by atoms with Gasteiger partial charge in [-0.1, -0.05) is 12.1 Å². The van der Waals surface area contributed by atoms with Gasteiger partial charge in [-0.25, -0.2) is 9.78 Å². The molecule has 1 aliphatic rings. The second-order valence-corrected chi connectivity index (χ2v) is 7.53. The number of nitriles is 1. The summed E-state index contributed by atoms with van der Waals surface area (Å²) in [6, 6.07) is 15.2. The van der Waals surface area contributed by atoms with Crippen LogP contribution in [0.2, 0.25) is 0 Å². The maximum atomic E-state index is 13.4. The molecule has 0 radical (unpaired) electrons. The number of aromatic nitrogens is 3. The van der Waals surface area contributed by atoms with Crippen molar-refractivity contribution in [1.29, 1.82) is 5.26 Å². The zero-order valence-electron chi connectivity index (χ0n) is 16.5. The van der Waals surface area contributed by atoms with Gasteiger partial charge < -0.3 is 15.5 Å². The van der Waals surface area contributed by atoms with Crippen molar-refractivity contribution in [2.24, 2.45) is 0 Å². The van der Waals surface area contributed by atoms with Crippen LogP contribution in [-0.2, 0) is 0 Å². The Morgan fingerprint density at radius 2 is 1.90 bits per heavy atom. The zero-order valence-corrected chi connectivity index (χ0v) is 16.5. The van der Waals surface area contributed by atoms with E-state index in [0.29, 0.717) is 34.5 Å². The van der Waals surface area contributed by atoms with Gasteiger partial charge in [0.1, 0.15) is 17.6 Å². The van der Waals surface area contributed by atoms with Gasteiger partial charge in [0.25, 0.3) is 0 Å². The molecule has 1 fully saturated rings. The molecule has 154 valence electrons. The van der Waals surface area contributed by atoms with Crippen molar-refractivity contribution < 1.29 is 10.2 Å². The monoisotopic (exact) mass is 413 g/mol. The number of hydrogen-bond acceptors (Lipinski definition) is 6. The van der Waals surface area contributed by atoms with Gasteiger partial charge in [0, 0.05) is 12.7 Å². The topological polar surface area (TPSA) is 116 Å². The van der Waals surface area contributed by atoms with Crippen molar-refractivity contribution in [1.82, 2.24) is 19.4 Å². The van der Waals surface area contributed by atoms with E-state index >= 15 is 0 Å². The van der Waals surface area contributed by atoms with E-state index in [1.54, 1.807) is 47.2 Å². The average Bonchev–Trinajstić information content (AvgIpc) is 3.40. The van der Waals surface area contributed by atoms with E-state index in [0.717, 1.165) is 13.0 Å². The van der Waals surface area contributed by atoms with E-state index in [-0.39, 0.29) is 28.8 Å². The van der Waals surface area contributed by atoms with E-state index < -0.39 is 0 Å². The maximum absolute atomic E-state index is 13.4. The lowest BCUT2D eigenvalue weighted by Gasteiger charge is -2.10. The molecule has 31 heavy (non-hydrogen) atoms. The molecule has 0 saturated carbocycles. The molecule has 2 aromatic heterocycles. The van der Waals surface area contributed by atoms with Crippen molar-refractivity contribution in [2.75, 3.05) is 13.1 Å². The minimum absolute atomic E-state index is 0.00830. The molecule has 0 bridgehead atoms. The highest BCUT2D eigenvalue weighted by atomic mass is 16.3. The van der Waals surface area contributed by atoms with Crippen molar-refractivity contribution in [3.05, 3.63) is 70.8 Å². The first kappa shape index (κ1) is 18.9. The Hall–Kier alpha value is -4.09. The van der Waals surface area contributed by atoms with E-state index in [4.69, 9.17) is 5.26 Å². The molecular formula is C23H19N5O3. The minimum atomic E-state index is -0.248. The van der Waals surface area contributed by atoms with E-state index in [1.165, 1.54) is 10.6 Å². The Bertz CT molecular complexity index is 1410. The first-order valence-corrected chi connectivity index (χ1v) is 9.94. The lowest BCUT2D eigenvalue weighted by molar-refractivity contribution is 0.471. The Balaban J connectivity index is 1.66. The summed E-state index contributed by atoms with van der Waals surface area (Å²) in [5.74, 6) is -0.168. The van der Waals surface area contributed by atoms with E-state index in [9.17, 15) is 15.0 Å². The van der Waals surface area contributed by atoms with Crippen molar-refractivity contribution in [3.63, 3.8) is 0 Å². The average molecular weight is 413 g/mol. The number of pyridine rings is 1. The fourth-order valence-corrected chi connectivity index (χ4v) is 4.17. The van der Waals surface area contributed by atoms with Gasteiger partial charge in [-0.3, -0.25) is 9.13 Å². The lowest BCUT2D eigenvalue weighted by atomic mass is 10.0. The molecule has 2 aromatic carbocycles. The van der Waals surface area contributed by atoms with Crippen molar-refractivity contribution >= 4 is 11.2 Å². The largest absolute Gasteiger partial charge is 0.507 e. The van der Waals surface area contributed by atoms with Crippen LogP contribution in [0.15, 0.2) is 59.5 Å². The molecule has 1 aliphatic heterocycles. The maximum Gasteiger partial charge on any atom is 0.335 e. The number of aromatic hydroxyl groups is 2. The molecule has 1 atom stereocenters. The van der Waals surface area contributed by atoms with Crippen LogP contribution >= 0.6 is 0 Å². The van der Waals surface area contributed by atoms with Gasteiger partial charge >= 0.3 is 5.69 Å². The van der Waals surface area contributed by atoms with Gasteiger partial charge in [0.2, 0.25) is 0 Å². The number of phenols is 2. The predicted molar refractivity (Wildman–Crippen MR) is 115 cm³/mol. The Kier molecular flexibility index (Phi) is 4.46. The van der Waals surface area contributed by atoms with Gasteiger partial charge in [0.05, 0.1) is 22.8 Å². The molecule has 8 nitrogen and oxygen atoms in total. The summed E-state index contributed by atoms with van der Waals surface area (Å²) in [7, 11) is 0. The van der Waals surface area contributed by atoms with Crippen LogP contribution in [-0.4, -0.2) is 37.4 Å². The molecule has 1 saturated heterocycles. The van der Waals surface area contributed by atoms with Crippen LogP contribution in [0.4, 0.5) is 0 Å². The molecule has 5 rings (SSSR count). The number of phenolic OH excluding ortho intramolecular Hbond substituents is 2. The highest BCUT2D eigenvalue weighted by Gasteiger charge is 2.25. The van der Waals surface area contributed by atoms with Gasteiger partial charge in [0.15, 0.2) is 5.65 Å². The third kappa shape index (κ3) is 3.03. The number of fused-ring (bicyclic) bond motifs is 1. The molecular weight excluding hydrogens is 394 g/mol.